The summed E-state index contributed by atoms with van der Waals surface area (Å²) in [5.41, 5.74) is 1.96. The number of rotatable bonds is 7. The first kappa shape index (κ1) is 33.4. The van der Waals surface area contributed by atoms with Gasteiger partial charge in [-0.25, -0.2) is 0 Å². The molecule has 0 aromatic heterocycles. The van der Waals surface area contributed by atoms with Crippen molar-refractivity contribution >= 4 is 0 Å². The molecule has 0 bridgehead atoms. The van der Waals surface area contributed by atoms with Gasteiger partial charge in [0.2, 0.25) is 0 Å². The monoisotopic (exact) mass is 446 g/mol. The van der Waals surface area contributed by atoms with Gasteiger partial charge in [-0.1, -0.05) is 133 Å². The molecule has 0 N–H and O–H groups in total. The Kier molecular flexibility index (Phi) is 19.4. The molecule has 0 spiro atoms. The lowest BCUT2D eigenvalue weighted by Gasteiger charge is -2.19. The van der Waals surface area contributed by atoms with Crippen LogP contribution < -0.4 is 0 Å². The summed E-state index contributed by atoms with van der Waals surface area (Å²) in [6.45, 7) is 29.5. The molecule has 1 fully saturated rings. The smallest absolute Gasteiger partial charge is 0.0256 e. The molecule has 190 valence electrons. The van der Waals surface area contributed by atoms with E-state index >= 15 is 0 Å². The van der Waals surface area contributed by atoms with Gasteiger partial charge in [0.05, 0.1) is 0 Å². The van der Waals surface area contributed by atoms with E-state index < -0.39 is 0 Å². The lowest BCUT2D eigenvalue weighted by molar-refractivity contribution is 0.320. The van der Waals surface area contributed by atoms with Gasteiger partial charge in [0, 0.05) is 0 Å². The van der Waals surface area contributed by atoms with Crippen molar-refractivity contribution in [3.05, 3.63) is 35.9 Å². The van der Waals surface area contributed by atoms with Crippen LogP contribution in [0, 0.1) is 40.9 Å². The molecule has 0 aliphatic heterocycles. The third kappa shape index (κ3) is 31.4. The minimum Gasteiger partial charge on any atom is -0.0628 e. The van der Waals surface area contributed by atoms with E-state index in [0.717, 1.165) is 35.5 Å². The fourth-order valence-electron chi connectivity index (χ4n) is 4.27. The summed E-state index contributed by atoms with van der Waals surface area (Å²) in [5.74, 6) is 5.42. The average molecular weight is 447 g/mol. The Morgan fingerprint density at radius 3 is 1.31 bits per heavy atom. The summed E-state index contributed by atoms with van der Waals surface area (Å²) < 4.78 is 0. The SMILES string of the molecule is CC(C)CC(C)(C)C.CC(C)CC(C)C.CC(C)CC1CC1.CC(C)Cc1ccccc1. The lowest BCUT2D eigenvalue weighted by Crippen LogP contribution is -2.08. The van der Waals surface area contributed by atoms with Crippen molar-refractivity contribution in [3.63, 3.8) is 0 Å². The first-order valence-corrected chi connectivity index (χ1v) is 13.7. The van der Waals surface area contributed by atoms with E-state index in [1.54, 1.807) is 0 Å². The fourth-order valence-corrected chi connectivity index (χ4v) is 4.27. The molecule has 0 amide bonds. The van der Waals surface area contributed by atoms with Crippen molar-refractivity contribution in [1.29, 1.82) is 0 Å². The minimum absolute atomic E-state index is 0.522. The quantitative estimate of drug-likeness (QED) is 0.390. The zero-order chi connectivity index (χ0) is 25.3. The van der Waals surface area contributed by atoms with E-state index in [1.807, 2.05) is 0 Å². The standard InChI is InChI=1S/C10H14.C8H18.C7H14.C7H16/c1-9(2)8-10-6-4-3-5-7-10;1-7(2)6-8(3,4)5;1-6(2)5-7-3-4-7;1-6(2)5-7(3)4/h3-7,9H,8H2,1-2H3;7H,6H2,1-5H3;6-7H,3-5H2,1-2H3;6-7H,5H2,1-4H3. The third-order valence-corrected chi connectivity index (χ3v) is 4.95. The molecule has 0 saturated heterocycles. The average Bonchev–Trinajstić information content (AvgIpc) is 3.36. The van der Waals surface area contributed by atoms with Crippen molar-refractivity contribution in [1.82, 2.24) is 0 Å². The second kappa shape index (κ2) is 18.6. The van der Waals surface area contributed by atoms with Gasteiger partial charge in [0.15, 0.2) is 0 Å². The van der Waals surface area contributed by atoms with Gasteiger partial charge in [-0.05, 0) is 72.2 Å². The van der Waals surface area contributed by atoms with Crippen LogP contribution in [0.4, 0.5) is 0 Å². The first-order valence-electron chi connectivity index (χ1n) is 13.7. The molecule has 1 aromatic rings. The molecule has 1 saturated carbocycles. The van der Waals surface area contributed by atoms with Crippen molar-refractivity contribution < 1.29 is 0 Å². The van der Waals surface area contributed by atoms with E-state index in [1.165, 1.54) is 44.1 Å². The van der Waals surface area contributed by atoms with Crippen molar-refractivity contribution in [2.24, 2.45) is 40.9 Å². The van der Waals surface area contributed by atoms with Crippen LogP contribution in [0.25, 0.3) is 0 Å². The Balaban J connectivity index is 0. The van der Waals surface area contributed by atoms with Crippen LogP contribution in [0.5, 0.6) is 0 Å². The summed E-state index contributed by atoms with van der Waals surface area (Å²) in [6, 6.07) is 10.6. The van der Waals surface area contributed by atoms with Gasteiger partial charge < -0.3 is 0 Å². The van der Waals surface area contributed by atoms with Crippen LogP contribution in [0.1, 0.15) is 128 Å². The maximum absolute atomic E-state index is 2.30. The molecule has 0 unspecified atom stereocenters. The molecular weight excluding hydrogens is 384 g/mol. The van der Waals surface area contributed by atoms with Crippen LogP contribution in [0.3, 0.4) is 0 Å². The third-order valence-electron chi connectivity index (χ3n) is 4.95. The zero-order valence-electron chi connectivity index (χ0n) is 24.6. The maximum atomic E-state index is 2.30. The fraction of sp³-hybridized carbons (Fsp3) is 0.812. The highest BCUT2D eigenvalue weighted by Crippen LogP contribution is 2.34. The molecule has 0 nitrogen and oxygen atoms in total. The normalized spacial score (nSPS) is 13.4. The molecule has 0 atom stereocenters. The Bertz CT molecular complexity index is 478. The lowest BCUT2D eigenvalue weighted by atomic mass is 9.86. The zero-order valence-corrected chi connectivity index (χ0v) is 24.6. The molecular formula is C32H62. The van der Waals surface area contributed by atoms with Gasteiger partial charge in [-0.15, -0.1) is 0 Å². The first-order chi connectivity index (χ1) is 14.6. The van der Waals surface area contributed by atoms with E-state index in [0.29, 0.717) is 5.41 Å². The molecule has 0 heterocycles. The largest absolute Gasteiger partial charge is 0.0628 e. The number of hydrogen-bond donors (Lipinski definition) is 0. The second-order valence-corrected chi connectivity index (χ2v) is 13.3. The maximum Gasteiger partial charge on any atom is -0.0256 e. The summed E-state index contributed by atoms with van der Waals surface area (Å²) in [7, 11) is 0. The highest BCUT2D eigenvalue weighted by Gasteiger charge is 2.21. The predicted octanol–water partition coefficient (Wildman–Crippen LogP) is 11.1. The van der Waals surface area contributed by atoms with Gasteiger partial charge in [-0.3, -0.25) is 0 Å². The van der Waals surface area contributed by atoms with E-state index in [4.69, 9.17) is 0 Å². The highest BCUT2D eigenvalue weighted by atomic mass is 14.3. The van der Waals surface area contributed by atoms with Gasteiger partial charge in [0.25, 0.3) is 0 Å². The Morgan fingerprint density at radius 2 is 1.12 bits per heavy atom. The van der Waals surface area contributed by atoms with E-state index in [2.05, 4.69) is 120 Å². The summed E-state index contributed by atoms with van der Waals surface area (Å²) >= 11 is 0. The van der Waals surface area contributed by atoms with E-state index in [9.17, 15) is 0 Å². The molecule has 1 aliphatic carbocycles. The minimum atomic E-state index is 0.522. The molecule has 1 aromatic carbocycles. The van der Waals surface area contributed by atoms with Gasteiger partial charge in [-0.2, -0.15) is 0 Å². The van der Waals surface area contributed by atoms with Crippen LogP contribution in [-0.4, -0.2) is 0 Å². The van der Waals surface area contributed by atoms with E-state index in [-0.39, 0.29) is 0 Å². The number of benzene rings is 1. The topological polar surface area (TPSA) is 0 Å². The van der Waals surface area contributed by atoms with Crippen LogP contribution >= 0.6 is 0 Å². The van der Waals surface area contributed by atoms with Crippen LogP contribution in [0.2, 0.25) is 0 Å². The molecule has 1 aliphatic rings. The van der Waals surface area contributed by atoms with Crippen LogP contribution in [0.15, 0.2) is 30.3 Å². The van der Waals surface area contributed by atoms with Gasteiger partial charge in [0.1, 0.15) is 0 Å². The second-order valence-electron chi connectivity index (χ2n) is 13.3. The van der Waals surface area contributed by atoms with Crippen molar-refractivity contribution in [2.45, 2.75) is 129 Å². The molecule has 0 radical (unpaired) electrons. The molecule has 2 rings (SSSR count). The summed E-state index contributed by atoms with van der Waals surface area (Å²) in [5, 5.41) is 0. The summed E-state index contributed by atoms with van der Waals surface area (Å²) in [6.07, 6.45) is 8.38. The van der Waals surface area contributed by atoms with Crippen LogP contribution in [-0.2, 0) is 6.42 Å². The Morgan fingerprint density at radius 1 is 0.656 bits per heavy atom. The van der Waals surface area contributed by atoms with Gasteiger partial charge >= 0.3 is 0 Å². The highest BCUT2D eigenvalue weighted by molar-refractivity contribution is 5.14. The van der Waals surface area contributed by atoms with Crippen molar-refractivity contribution in [2.75, 3.05) is 0 Å². The Hall–Kier alpha value is -0.780. The van der Waals surface area contributed by atoms with Crippen molar-refractivity contribution in [3.8, 4) is 0 Å². The Labute approximate surface area is 205 Å². The predicted molar refractivity (Wildman–Crippen MR) is 150 cm³/mol. The molecule has 32 heavy (non-hydrogen) atoms. The molecule has 0 heteroatoms. The number of hydrogen-bond acceptors (Lipinski definition) is 0. The summed E-state index contributed by atoms with van der Waals surface area (Å²) in [4.78, 5) is 0.